The molecule has 3 aromatic rings. The van der Waals surface area contributed by atoms with Crippen LogP contribution in [0.4, 0.5) is 0 Å². The highest BCUT2D eigenvalue weighted by Gasteiger charge is 2.39. The standard InChI is InChI=1S/C27H43N5O6SSi/c1-27(2,3)40(5,6)38-21-12-13-24-22(19-21)26(30-32(24)25-11-7-8-17-36-25)23-20-28-31(29-23)14-9-15-35-16-10-18-37-39(4,33)34/h12-13,19-20,25H,7-11,14-18H2,1-6H3. The first-order valence-corrected chi connectivity index (χ1v) is 18.7. The summed E-state index contributed by atoms with van der Waals surface area (Å²) in [6.45, 7) is 13.6. The Kier molecular flexibility index (Phi) is 9.71. The van der Waals surface area contributed by atoms with Gasteiger partial charge in [0, 0.05) is 25.2 Å². The number of benzene rings is 1. The van der Waals surface area contributed by atoms with Crippen molar-refractivity contribution in [1.82, 2.24) is 24.8 Å². The Balaban J connectivity index is 1.48. The van der Waals surface area contributed by atoms with Crippen LogP contribution < -0.4 is 4.43 Å². The van der Waals surface area contributed by atoms with Crippen molar-refractivity contribution in [3.05, 3.63) is 24.4 Å². The predicted octanol–water partition coefficient (Wildman–Crippen LogP) is 5.15. The smallest absolute Gasteiger partial charge is 0.264 e. The van der Waals surface area contributed by atoms with Gasteiger partial charge in [-0.05, 0) is 68.4 Å². The van der Waals surface area contributed by atoms with Crippen molar-refractivity contribution < 1.29 is 26.5 Å². The van der Waals surface area contributed by atoms with Crippen molar-refractivity contribution >= 4 is 29.3 Å². The van der Waals surface area contributed by atoms with Gasteiger partial charge in [-0.25, -0.2) is 4.68 Å². The Hall–Kier alpha value is -2.32. The van der Waals surface area contributed by atoms with Gasteiger partial charge in [-0.2, -0.15) is 28.5 Å². The maximum atomic E-state index is 11.0. The maximum Gasteiger partial charge on any atom is 0.264 e. The van der Waals surface area contributed by atoms with Gasteiger partial charge < -0.3 is 13.9 Å². The van der Waals surface area contributed by atoms with Gasteiger partial charge in [-0.3, -0.25) is 4.18 Å². The number of aryl methyl sites for hydroxylation is 1. The van der Waals surface area contributed by atoms with Crippen molar-refractivity contribution in [2.75, 3.05) is 32.7 Å². The molecule has 222 valence electrons. The van der Waals surface area contributed by atoms with E-state index in [-0.39, 0.29) is 17.9 Å². The minimum atomic E-state index is -3.41. The first-order valence-electron chi connectivity index (χ1n) is 14.0. The van der Waals surface area contributed by atoms with Crippen LogP contribution in [0.5, 0.6) is 5.75 Å². The summed E-state index contributed by atoms with van der Waals surface area (Å²) in [6, 6.07) is 6.20. The molecule has 1 fully saturated rings. The molecular formula is C27H43N5O6SSi. The van der Waals surface area contributed by atoms with Crippen LogP contribution in [0.1, 0.15) is 59.1 Å². The first kappa shape index (κ1) is 30.6. The van der Waals surface area contributed by atoms with E-state index in [0.29, 0.717) is 31.9 Å². The summed E-state index contributed by atoms with van der Waals surface area (Å²) in [5.74, 6) is 0.843. The number of nitrogens with zero attached hydrogens (tertiary/aromatic N) is 5. The van der Waals surface area contributed by atoms with Gasteiger partial charge in [0.2, 0.25) is 8.32 Å². The lowest BCUT2D eigenvalue weighted by Gasteiger charge is -2.36. The Labute approximate surface area is 238 Å². The van der Waals surface area contributed by atoms with Gasteiger partial charge in [-0.15, -0.1) is 0 Å². The van der Waals surface area contributed by atoms with Crippen molar-refractivity contribution in [2.45, 2.75) is 83.8 Å². The molecule has 1 aliphatic heterocycles. The molecule has 0 saturated carbocycles. The second-order valence-corrected chi connectivity index (χ2v) is 18.2. The summed E-state index contributed by atoms with van der Waals surface area (Å²) >= 11 is 0. The van der Waals surface area contributed by atoms with Crippen LogP contribution >= 0.6 is 0 Å². The topological polar surface area (TPSA) is 120 Å². The minimum Gasteiger partial charge on any atom is -0.543 e. The third-order valence-corrected chi connectivity index (χ3v) is 12.4. The number of rotatable bonds is 13. The number of aromatic nitrogens is 5. The lowest BCUT2D eigenvalue weighted by atomic mass is 10.1. The first-order chi connectivity index (χ1) is 18.8. The molecule has 3 heterocycles. The maximum absolute atomic E-state index is 11.0. The summed E-state index contributed by atoms with van der Waals surface area (Å²) in [5.41, 5.74) is 2.45. The van der Waals surface area contributed by atoms with E-state index in [9.17, 15) is 8.42 Å². The van der Waals surface area contributed by atoms with E-state index in [1.165, 1.54) is 0 Å². The average Bonchev–Trinajstić information content (AvgIpc) is 3.49. The highest BCUT2D eigenvalue weighted by Crippen LogP contribution is 2.39. The van der Waals surface area contributed by atoms with E-state index in [2.05, 4.69) is 51.1 Å². The predicted molar refractivity (Wildman–Crippen MR) is 156 cm³/mol. The number of ether oxygens (including phenoxy) is 2. The van der Waals surface area contributed by atoms with Crippen molar-refractivity contribution in [3.8, 4) is 17.1 Å². The average molecular weight is 594 g/mol. The second kappa shape index (κ2) is 12.7. The van der Waals surface area contributed by atoms with E-state index < -0.39 is 18.4 Å². The van der Waals surface area contributed by atoms with Crippen LogP contribution in [-0.2, 0) is 30.3 Å². The molecule has 13 heteroatoms. The van der Waals surface area contributed by atoms with Crippen molar-refractivity contribution in [1.29, 1.82) is 0 Å². The highest BCUT2D eigenvalue weighted by atomic mass is 32.2. The third-order valence-electron chi connectivity index (χ3n) is 7.44. The second-order valence-electron chi connectivity index (χ2n) is 11.8. The van der Waals surface area contributed by atoms with Crippen LogP contribution in [0.2, 0.25) is 18.1 Å². The quantitative estimate of drug-likeness (QED) is 0.150. The molecule has 1 unspecified atom stereocenters. The summed E-state index contributed by atoms with van der Waals surface area (Å²) in [4.78, 5) is 1.66. The van der Waals surface area contributed by atoms with Crippen LogP contribution in [0.3, 0.4) is 0 Å². The van der Waals surface area contributed by atoms with Crippen LogP contribution in [-0.4, -0.2) is 74.2 Å². The molecule has 1 atom stereocenters. The lowest BCUT2D eigenvalue weighted by Crippen LogP contribution is -2.43. The number of hydrogen-bond acceptors (Lipinski definition) is 9. The molecule has 11 nitrogen and oxygen atoms in total. The zero-order valence-electron chi connectivity index (χ0n) is 24.6. The van der Waals surface area contributed by atoms with Gasteiger partial charge in [0.1, 0.15) is 17.1 Å². The lowest BCUT2D eigenvalue weighted by molar-refractivity contribution is -0.0365. The zero-order chi connectivity index (χ0) is 29.0. The van der Waals surface area contributed by atoms with Gasteiger partial charge >= 0.3 is 0 Å². The third kappa shape index (κ3) is 7.90. The molecule has 0 bridgehead atoms. The fourth-order valence-corrected chi connectivity index (χ4v) is 5.69. The normalized spacial score (nSPS) is 17.0. The Morgan fingerprint density at radius 3 is 2.58 bits per heavy atom. The Morgan fingerprint density at radius 1 is 1.10 bits per heavy atom. The Morgan fingerprint density at radius 2 is 1.88 bits per heavy atom. The van der Waals surface area contributed by atoms with Crippen molar-refractivity contribution in [3.63, 3.8) is 0 Å². The van der Waals surface area contributed by atoms with E-state index in [1.54, 1.807) is 11.0 Å². The molecule has 0 aliphatic carbocycles. The molecule has 1 saturated heterocycles. The van der Waals surface area contributed by atoms with Crippen LogP contribution in [0.25, 0.3) is 22.3 Å². The molecule has 0 N–H and O–H groups in total. The monoisotopic (exact) mass is 593 g/mol. The van der Waals surface area contributed by atoms with E-state index in [4.69, 9.17) is 28.3 Å². The SMILES string of the molecule is CC(C)(C)[Si](C)(C)Oc1ccc2c(c1)c(-c1cnn(CCCOCCCOS(C)(=O)=O)n1)nn2C1CCCCO1. The molecule has 0 radical (unpaired) electrons. The molecule has 1 aromatic carbocycles. The summed E-state index contributed by atoms with van der Waals surface area (Å²) in [7, 11) is -5.43. The van der Waals surface area contributed by atoms with Crippen LogP contribution in [0.15, 0.2) is 24.4 Å². The molecule has 0 amide bonds. The highest BCUT2D eigenvalue weighted by molar-refractivity contribution is 7.85. The summed E-state index contributed by atoms with van der Waals surface area (Å²) in [5, 5.41) is 15.2. The van der Waals surface area contributed by atoms with Gasteiger partial charge in [0.25, 0.3) is 10.1 Å². The van der Waals surface area contributed by atoms with Gasteiger partial charge in [0.15, 0.2) is 6.23 Å². The molecule has 0 spiro atoms. The fraction of sp³-hybridized carbons (Fsp3) is 0.667. The van der Waals surface area contributed by atoms with Gasteiger partial charge in [0.05, 0.1) is 31.1 Å². The summed E-state index contributed by atoms with van der Waals surface area (Å²) < 4.78 is 47.0. The molecular weight excluding hydrogens is 550 g/mol. The molecule has 4 rings (SSSR count). The number of fused-ring (bicyclic) bond motifs is 1. The van der Waals surface area contributed by atoms with Crippen LogP contribution in [0, 0.1) is 0 Å². The largest absolute Gasteiger partial charge is 0.543 e. The Bertz CT molecular complexity index is 1380. The number of hydrogen-bond donors (Lipinski definition) is 0. The fourth-order valence-electron chi connectivity index (χ4n) is 4.25. The van der Waals surface area contributed by atoms with E-state index in [0.717, 1.165) is 60.9 Å². The van der Waals surface area contributed by atoms with Gasteiger partial charge in [-0.1, -0.05) is 20.8 Å². The summed E-state index contributed by atoms with van der Waals surface area (Å²) in [6.07, 6.45) is 7.01. The molecule has 40 heavy (non-hydrogen) atoms. The van der Waals surface area contributed by atoms with E-state index >= 15 is 0 Å². The van der Waals surface area contributed by atoms with E-state index in [1.807, 2.05) is 10.7 Å². The minimum absolute atomic E-state index is 0.0846. The van der Waals surface area contributed by atoms with Crippen molar-refractivity contribution in [2.24, 2.45) is 0 Å². The zero-order valence-corrected chi connectivity index (χ0v) is 26.4. The molecule has 1 aliphatic rings. The molecule has 2 aromatic heterocycles.